The van der Waals surface area contributed by atoms with Gasteiger partial charge in [0.15, 0.2) is 0 Å². The maximum Gasteiger partial charge on any atom is 0.435 e. The topological polar surface area (TPSA) is 15.3 Å². The molecule has 1 aromatic carbocycles. The summed E-state index contributed by atoms with van der Waals surface area (Å²) in [6, 6.07) is 2.19. The smallest absolute Gasteiger partial charge is 0.291 e. The van der Waals surface area contributed by atoms with Crippen LogP contribution >= 0.6 is 23.6 Å². The first-order chi connectivity index (χ1) is 8.89. The number of rotatable bonds is 3. The third-order valence-corrected chi connectivity index (χ3v) is 2.45. The SMILES string of the molecule is FC(F)(F)C(F)(c1ccc(NN(Cl)Cl)cc1)C(F)(F)F. The van der Waals surface area contributed by atoms with Crippen molar-refractivity contribution in [3.63, 3.8) is 0 Å². The molecule has 0 aliphatic carbocycles. The number of anilines is 1. The van der Waals surface area contributed by atoms with Gasteiger partial charge in [-0.2, -0.15) is 26.3 Å². The molecule has 0 aromatic heterocycles. The van der Waals surface area contributed by atoms with Crippen molar-refractivity contribution in [3.05, 3.63) is 29.8 Å². The molecular weight excluding hydrogens is 340 g/mol. The van der Waals surface area contributed by atoms with Gasteiger partial charge in [0, 0.05) is 29.1 Å². The largest absolute Gasteiger partial charge is 0.435 e. The molecule has 1 rings (SSSR count). The highest BCUT2D eigenvalue weighted by Gasteiger charge is 2.73. The van der Waals surface area contributed by atoms with Gasteiger partial charge < -0.3 is 0 Å². The van der Waals surface area contributed by atoms with E-state index >= 15 is 0 Å². The van der Waals surface area contributed by atoms with Crippen LogP contribution in [0.25, 0.3) is 0 Å². The molecule has 0 aliphatic rings. The van der Waals surface area contributed by atoms with E-state index in [1.165, 1.54) is 0 Å². The lowest BCUT2D eigenvalue weighted by Crippen LogP contribution is -2.50. The average Bonchev–Trinajstić information content (AvgIpc) is 2.25. The zero-order valence-electron chi connectivity index (χ0n) is 9.16. The number of nitrogens with one attached hydrogen (secondary N) is 1. The standard InChI is InChI=1S/C9H5Cl2F7N2/c10-20(11)19-6-3-1-5(2-4-6)7(12,8(13,14)15)9(16,17)18/h1-4,19H. The fourth-order valence-corrected chi connectivity index (χ4v) is 1.56. The Balaban J connectivity index is 3.24. The summed E-state index contributed by atoms with van der Waals surface area (Å²) in [6.07, 6.45) is -12.3. The van der Waals surface area contributed by atoms with Gasteiger partial charge in [0.25, 0.3) is 0 Å². The molecule has 0 saturated heterocycles. The van der Waals surface area contributed by atoms with Crippen LogP contribution in [-0.2, 0) is 5.67 Å². The summed E-state index contributed by atoms with van der Waals surface area (Å²) >= 11 is 10.3. The summed E-state index contributed by atoms with van der Waals surface area (Å²) in [5.74, 6) is 0. The van der Waals surface area contributed by atoms with E-state index in [1.54, 1.807) is 0 Å². The van der Waals surface area contributed by atoms with Gasteiger partial charge in [0.1, 0.15) is 0 Å². The van der Waals surface area contributed by atoms with E-state index in [-0.39, 0.29) is 5.69 Å². The van der Waals surface area contributed by atoms with E-state index in [4.69, 9.17) is 23.6 Å². The molecule has 0 aliphatic heterocycles. The lowest BCUT2D eigenvalue weighted by molar-refractivity contribution is -0.348. The Morgan fingerprint density at radius 1 is 0.800 bits per heavy atom. The van der Waals surface area contributed by atoms with Crippen molar-refractivity contribution in [3.8, 4) is 0 Å². The number of hydrogen-bond donors (Lipinski definition) is 1. The van der Waals surface area contributed by atoms with Crippen LogP contribution in [0, 0.1) is 0 Å². The van der Waals surface area contributed by atoms with Crippen molar-refractivity contribution in [2.75, 3.05) is 5.43 Å². The van der Waals surface area contributed by atoms with Gasteiger partial charge in [-0.1, -0.05) is 12.1 Å². The van der Waals surface area contributed by atoms with E-state index < -0.39 is 23.6 Å². The second-order valence-electron chi connectivity index (χ2n) is 3.58. The molecule has 0 heterocycles. The molecule has 0 unspecified atom stereocenters. The Bertz CT molecular complexity index is 441. The van der Waals surface area contributed by atoms with Gasteiger partial charge in [-0.25, -0.2) is 4.39 Å². The summed E-state index contributed by atoms with van der Waals surface area (Å²) < 4.78 is 88.6. The fraction of sp³-hybridized carbons (Fsp3) is 0.333. The third-order valence-electron chi connectivity index (χ3n) is 2.28. The molecule has 0 atom stereocenters. The Labute approximate surface area is 118 Å². The van der Waals surface area contributed by atoms with Crippen molar-refractivity contribution >= 4 is 29.2 Å². The van der Waals surface area contributed by atoms with Crippen LogP contribution < -0.4 is 5.43 Å². The van der Waals surface area contributed by atoms with Crippen LogP contribution in [0.4, 0.5) is 36.4 Å². The second-order valence-corrected chi connectivity index (χ2v) is 4.43. The monoisotopic (exact) mass is 344 g/mol. The van der Waals surface area contributed by atoms with Crippen LogP contribution in [0.1, 0.15) is 5.56 Å². The Morgan fingerprint density at radius 3 is 1.50 bits per heavy atom. The number of nitrogens with zero attached hydrogens (tertiary/aromatic N) is 1. The lowest BCUT2D eigenvalue weighted by atomic mass is 9.94. The highest BCUT2D eigenvalue weighted by Crippen LogP contribution is 2.53. The summed E-state index contributed by atoms with van der Waals surface area (Å²) in [5, 5.41) is 0. The van der Waals surface area contributed by atoms with Crippen LogP contribution in [0.3, 0.4) is 0 Å². The predicted octanol–water partition coefficient (Wildman–Crippen LogP) is 4.91. The minimum absolute atomic E-state index is 0.0366. The molecule has 0 bridgehead atoms. The highest BCUT2D eigenvalue weighted by atomic mass is 35.5. The van der Waals surface area contributed by atoms with Gasteiger partial charge in [0.05, 0.1) is 5.69 Å². The Kier molecular flexibility index (Phi) is 4.67. The summed E-state index contributed by atoms with van der Waals surface area (Å²) in [7, 11) is 0. The van der Waals surface area contributed by atoms with Crippen LogP contribution in [0.15, 0.2) is 24.3 Å². The molecule has 2 nitrogen and oxygen atoms in total. The molecule has 1 aromatic rings. The van der Waals surface area contributed by atoms with Gasteiger partial charge in [-0.15, -0.1) is 0 Å². The van der Waals surface area contributed by atoms with Gasteiger partial charge >= 0.3 is 18.0 Å². The normalized spacial score (nSPS) is 13.7. The molecule has 20 heavy (non-hydrogen) atoms. The number of benzene rings is 1. The first-order valence-corrected chi connectivity index (χ1v) is 5.38. The minimum Gasteiger partial charge on any atom is -0.291 e. The Hall–Kier alpha value is -0.930. The molecular formula is C9H5Cl2F7N2. The molecule has 0 fully saturated rings. The van der Waals surface area contributed by atoms with E-state index in [2.05, 4.69) is 5.43 Å². The fourth-order valence-electron chi connectivity index (χ4n) is 1.36. The van der Waals surface area contributed by atoms with Gasteiger partial charge in [-0.3, -0.25) is 5.43 Å². The summed E-state index contributed by atoms with van der Waals surface area (Å²) in [5.41, 5.74) is -4.95. The first-order valence-electron chi connectivity index (χ1n) is 4.71. The van der Waals surface area contributed by atoms with Crippen molar-refractivity contribution < 1.29 is 30.7 Å². The molecule has 0 saturated carbocycles. The minimum atomic E-state index is -6.15. The predicted molar refractivity (Wildman–Crippen MR) is 58.5 cm³/mol. The Morgan fingerprint density at radius 2 is 1.20 bits per heavy atom. The van der Waals surface area contributed by atoms with E-state index in [0.717, 1.165) is 12.1 Å². The van der Waals surface area contributed by atoms with Gasteiger partial charge in [-0.05, 0) is 16.2 Å². The van der Waals surface area contributed by atoms with E-state index in [9.17, 15) is 30.7 Å². The van der Waals surface area contributed by atoms with E-state index in [1.807, 2.05) is 0 Å². The van der Waals surface area contributed by atoms with Crippen molar-refractivity contribution in [2.24, 2.45) is 0 Å². The number of hydrazine groups is 1. The summed E-state index contributed by atoms with van der Waals surface area (Å²) in [6.45, 7) is 0. The van der Waals surface area contributed by atoms with Crippen LogP contribution in [0.5, 0.6) is 0 Å². The zero-order valence-corrected chi connectivity index (χ0v) is 10.7. The maximum absolute atomic E-state index is 13.6. The summed E-state index contributed by atoms with van der Waals surface area (Å²) in [4.78, 5) is 0. The highest BCUT2D eigenvalue weighted by molar-refractivity contribution is 6.34. The van der Waals surface area contributed by atoms with Crippen LogP contribution in [-0.4, -0.2) is 16.4 Å². The number of hydrogen-bond acceptors (Lipinski definition) is 2. The first kappa shape index (κ1) is 17.1. The molecule has 0 spiro atoms. The second kappa shape index (κ2) is 5.45. The number of alkyl halides is 7. The molecule has 0 amide bonds. The van der Waals surface area contributed by atoms with E-state index in [0.29, 0.717) is 16.2 Å². The molecule has 11 heteroatoms. The van der Waals surface area contributed by atoms with Crippen molar-refractivity contribution in [2.45, 2.75) is 18.0 Å². The molecule has 114 valence electrons. The third kappa shape index (κ3) is 3.21. The average molecular weight is 345 g/mol. The number of halogens is 9. The van der Waals surface area contributed by atoms with Crippen molar-refractivity contribution in [1.82, 2.24) is 4.05 Å². The van der Waals surface area contributed by atoms with Crippen LogP contribution in [0.2, 0.25) is 0 Å². The lowest BCUT2D eigenvalue weighted by Gasteiger charge is -2.30. The maximum atomic E-state index is 13.6. The van der Waals surface area contributed by atoms with Crippen molar-refractivity contribution in [1.29, 1.82) is 0 Å². The molecule has 0 radical (unpaired) electrons. The zero-order chi connectivity index (χ0) is 15.8. The molecule has 1 N–H and O–H groups in total. The quantitative estimate of drug-likeness (QED) is 0.476. The van der Waals surface area contributed by atoms with Gasteiger partial charge in [0.2, 0.25) is 0 Å².